The van der Waals surface area contributed by atoms with E-state index in [4.69, 9.17) is 10.1 Å². The van der Waals surface area contributed by atoms with Crippen molar-refractivity contribution in [3.63, 3.8) is 0 Å². The number of amides is 1. The summed E-state index contributed by atoms with van der Waals surface area (Å²) >= 11 is 1.65. The monoisotopic (exact) mass is 459 g/mol. The lowest BCUT2D eigenvalue weighted by molar-refractivity contribution is 0.0768. The van der Waals surface area contributed by atoms with Crippen molar-refractivity contribution in [3.8, 4) is 5.82 Å². The molecule has 0 unspecified atom stereocenters. The van der Waals surface area contributed by atoms with Gasteiger partial charge in [-0.2, -0.15) is 9.78 Å². The van der Waals surface area contributed by atoms with Gasteiger partial charge in [0, 0.05) is 55.6 Å². The van der Waals surface area contributed by atoms with Gasteiger partial charge in [0.05, 0.1) is 16.6 Å². The number of aromatic nitrogens is 5. The molecule has 1 saturated heterocycles. The van der Waals surface area contributed by atoms with Crippen LogP contribution in [0, 0.1) is 6.92 Å². The number of pyridine rings is 2. The fourth-order valence-corrected chi connectivity index (χ4v) is 5.26. The summed E-state index contributed by atoms with van der Waals surface area (Å²) in [5.74, 6) is 1.20. The predicted molar refractivity (Wildman–Crippen MR) is 128 cm³/mol. The molecule has 6 rings (SSSR count). The number of thiazole rings is 1. The summed E-state index contributed by atoms with van der Waals surface area (Å²) < 4.78 is 1.78. The van der Waals surface area contributed by atoms with Crippen LogP contribution in [0.3, 0.4) is 0 Å². The molecule has 0 N–H and O–H groups in total. The number of hydrogen-bond acceptors (Lipinski definition) is 7. The third-order valence-electron chi connectivity index (χ3n) is 6.40. The number of carbonyl (C=O) groups is 1. The number of carbonyl (C=O) groups excluding carboxylic acids is 1. The van der Waals surface area contributed by atoms with E-state index in [2.05, 4.69) is 14.9 Å². The van der Waals surface area contributed by atoms with Crippen LogP contribution in [0.25, 0.3) is 16.9 Å². The molecule has 0 radical (unpaired) electrons. The molecule has 168 valence electrons. The molecule has 5 heterocycles. The van der Waals surface area contributed by atoms with Crippen molar-refractivity contribution in [1.82, 2.24) is 29.6 Å². The zero-order chi connectivity index (χ0) is 22.4. The molecule has 1 aliphatic heterocycles. The molecular weight excluding hydrogens is 434 g/mol. The lowest BCUT2D eigenvalue weighted by Gasteiger charge is -2.22. The molecule has 4 aromatic rings. The van der Waals surface area contributed by atoms with Crippen LogP contribution in [0.1, 0.15) is 46.9 Å². The fourth-order valence-electron chi connectivity index (χ4n) is 4.56. The van der Waals surface area contributed by atoms with E-state index in [1.54, 1.807) is 22.2 Å². The number of nitrogens with zero attached hydrogens (tertiary/aromatic N) is 7. The molecule has 0 spiro atoms. The molecule has 33 heavy (non-hydrogen) atoms. The first-order valence-corrected chi connectivity index (χ1v) is 12.3. The summed E-state index contributed by atoms with van der Waals surface area (Å²) in [5.41, 5.74) is 3.22. The first kappa shape index (κ1) is 20.3. The summed E-state index contributed by atoms with van der Waals surface area (Å²) in [6, 6.07) is 7.76. The number of fused-ring (bicyclic) bond motifs is 1. The molecule has 1 aliphatic carbocycles. The number of anilines is 1. The van der Waals surface area contributed by atoms with Gasteiger partial charge in [0.2, 0.25) is 0 Å². The van der Waals surface area contributed by atoms with Crippen molar-refractivity contribution in [1.29, 1.82) is 0 Å². The van der Waals surface area contributed by atoms with Crippen molar-refractivity contribution in [2.24, 2.45) is 0 Å². The smallest absolute Gasteiger partial charge is 0.254 e. The van der Waals surface area contributed by atoms with E-state index in [-0.39, 0.29) is 5.91 Å². The second-order valence-electron chi connectivity index (χ2n) is 8.70. The molecule has 9 heteroatoms. The Kier molecular flexibility index (Phi) is 5.05. The fraction of sp³-hybridized carbons (Fsp3) is 0.375. The predicted octanol–water partition coefficient (Wildman–Crippen LogP) is 3.81. The summed E-state index contributed by atoms with van der Waals surface area (Å²) in [7, 11) is 0. The number of rotatable bonds is 4. The van der Waals surface area contributed by atoms with E-state index in [0.29, 0.717) is 23.8 Å². The number of hydrogen-bond donors (Lipinski definition) is 0. The maximum atomic E-state index is 13.9. The molecule has 0 bridgehead atoms. The molecule has 0 aromatic carbocycles. The summed E-state index contributed by atoms with van der Waals surface area (Å²) in [6.45, 7) is 5.05. The van der Waals surface area contributed by atoms with Crippen LogP contribution in [0.2, 0.25) is 0 Å². The molecule has 2 aliphatic rings. The van der Waals surface area contributed by atoms with Crippen molar-refractivity contribution < 1.29 is 4.79 Å². The standard InChI is InChI=1S/C24H25N7OS/c1-16-21-18(23(32)29-10-4-11-30(13-12-29)24-26-9-14-33-24)15-19(17-6-7-17)27-22(21)31(28-16)20-5-2-3-8-25-20/h2-3,5,8-9,14-15,17H,4,6-7,10-13H2,1H3. The van der Waals surface area contributed by atoms with Crippen LogP contribution < -0.4 is 4.90 Å². The SMILES string of the molecule is Cc1nn(-c2ccccn2)c2nc(C3CC3)cc(C(=O)N3CCCN(c4nccs4)CC3)c12. The maximum absolute atomic E-state index is 13.9. The quantitative estimate of drug-likeness (QED) is 0.462. The van der Waals surface area contributed by atoms with Gasteiger partial charge in [0.15, 0.2) is 16.6 Å². The lowest BCUT2D eigenvalue weighted by atomic mass is 10.1. The summed E-state index contributed by atoms with van der Waals surface area (Å²) in [6.07, 6.45) is 6.75. The van der Waals surface area contributed by atoms with Gasteiger partial charge in [-0.05, 0) is 44.4 Å². The number of aryl methyl sites for hydroxylation is 1. The third kappa shape index (κ3) is 3.76. The van der Waals surface area contributed by atoms with Gasteiger partial charge in [0.25, 0.3) is 5.91 Å². The van der Waals surface area contributed by atoms with Gasteiger partial charge in [-0.25, -0.2) is 15.0 Å². The van der Waals surface area contributed by atoms with Gasteiger partial charge in [0.1, 0.15) is 0 Å². The Balaban J connectivity index is 1.39. The Morgan fingerprint density at radius 3 is 2.76 bits per heavy atom. The van der Waals surface area contributed by atoms with E-state index < -0.39 is 0 Å². The molecular formula is C24H25N7OS. The molecule has 1 amide bonds. The van der Waals surface area contributed by atoms with Gasteiger partial charge in [-0.15, -0.1) is 11.3 Å². The van der Waals surface area contributed by atoms with Crippen LogP contribution in [0.5, 0.6) is 0 Å². The van der Waals surface area contributed by atoms with Crippen LogP contribution in [-0.2, 0) is 0 Å². The van der Waals surface area contributed by atoms with E-state index in [1.807, 2.05) is 47.7 Å². The van der Waals surface area contributed by atoms with E-state index >= 15 is 0 Å². The van der Waals surface area contributed by atoms with Gasteiger partial charge in [-0.1, -0.05) is 6.07 Å². The van der Waals surface area contributed by atoms with Crippen LogP contribution in [0.4, 0.5) is 5.13 Å². The van der Waals surface area contributed by atoms with Gasteiger partial charge >= 0.3 is 0 Å². The van der Waals surface area contributed by atoms with E-state index in [9.17, 15) is 4.79 Å². The minimum atomic E-state index is 0.0639. The van der Waals surface area contributed by atoms with Crippen molar-refractivity contribution in [3.05, 3.63) is 59.0 Å². The third-order valence-corrected chi connectivity index (χ3v) is 7.23. The lowest BCUT2D eigenvalue weighted by Crippen LogP contribution is -2.35. The van der Waals surface area contributed by atoms with E-state index in [0.717, 1.165) is 66.4 Å². The van der Waals surface area contributed by atoms with E-state index in [1.165, 1.54) is 0 Å². The zero-order valence-corrected chi connectivity index (χ0v) is 19.3. The zero-order valence-electron chi connectivity index (χ0n) is 18.5. The molecule has 4 aromatic heterocycles. The Hall–Kier alpha value is -3.33. The Labute approximate surface area is 195 Å². The first-order valence-electron chi connectivity index (χ1n) is 11.4. The first-order chi connectivity index (χ1) is 16.2. The second kappa shape index (κ2) is 8.22. The molecule has 8 nitrogen and oxygen atoms in total. The Morgan fingerprint density at radius 2 is 2.00 bits per heavy atom. The minimum absolute atomic E-state index is 0.0639. The largest absolute Gasteiger partial charge is 0.346 e. The van der Waals surface area contributed by atoms with Crippen molar-refractivity contribution in [2.75, 3.05) is 31.1 Å². The van der Waals surface area contributed by atoms with Crippen LogP contribution in [0.15, 0.2) is 42.0 Å². The highest BCUT2D eigenvalue weighted by Gasteiger charge is 2.31. The van der Waals surface area contributed by atoms with Crippen LogP contribution in [-0.4, -0.2) is 61.7 Å². The Bertz CT molecular complexity index is 1300. The van der Waals surface area contributed by atoms with Crippen molar-refractivity contribution >= 4 is 33.4 Å². The average molecular weight is 460 g/mol. The molecule has 1 saturated carbocycles. The second-order valence-corrected chi connectivity index (χ2v) is 9.57. The molecule has 2 fully saturated rings. The normalized spacial score (nSPS) is 16.9. The average Bonchev–Trinajstić information content (AvgIpc) is 3.53. The van der Waals surface area contributed by atoms with Crippen molar-refractivity contribution in [2.45, 2.75) is 32.1 Å². The Morgan fingerprint density at radius 1 is 1.09 bits per heavy atom. The minimum Gasteiger partial charge on any atom is -0.346 e. The van der Waals surface area contributed by atoms with Gasteiger partial charge in [-0.3, -0.25) is 4.79 Å². The topological polar surface area (TPSA) is 80.0 Å². The van der Waals surface area contributed by atoms with Gasteiger partial charge < -0.3 is 9.80 Å². The summed E-state index contributed by atoms with van der Waals surface area (Å²) in [5, 5.41) is 8.59. The highest BCUT2D eigenvalue weighted by molar-refractivity contribution is 7.13. The highest BCUT2D eigenvalue weighted by atomic mass is 32.1. The highest BCUT2D eigenvalue weighted by Crippen LogP contribution is 2.41. The molecule has 0 atom stereocenters. The van der Waals surface area contributed by atoms with Crippen LogP contribution >= 0.6 is 11.3 Å². The summed E-state index contributed by atoms with van der Waals surface area (Å²) in [4.78, 5) is 32.0. The maximum Gasteiger partial charge on any atom is 0.254 e.